The Hall–Kier alpha value is -3.15. The second kappa shape index (κ2) is 8.81. The number of hydrogen-bond donors (Lipinski definition) is 2. The molecule has 0 amide bonds. The molecule has 2 N–H and O–H groups in total. The second-order valence-corrected chi connectivity index (χ2v) is 11.5. The molecule has 0 saturated heterocycles. The van der Waals surface area contributed by atoms with Gasteiger partial charge in [0.25, 0.3) is 0 Å². The van der Waals surface area contributed by atoms with Crippen molar-refractivity contribution in [3.8, 4) is 0 Å². The highest BCUT2D eigenvalue weighted by Gasteiger charge is 2.47. The average Bonchev–Trinajstić information content (AvgIpc) is 3.33. The fourth-order valence-electron chi connectivity index (χ4n) is 5.10. The van der Waals surface area contributed by atoms with E-state index in [1.54, 1.807) is 23.5 Å². The van der Waals surface area contributed by atoms with Gasteiger partial charge in [0, 0.05) is 38.8 Å². The van der Waals surface area contributed by atoms with Gasteiger partial charge >= 0.3 is 0 Å². The first-order chi connectivity index (χ1) is 16.7. The summed E-state index contributed by atoms with van der Waals surface area (Å²) in [5.74, 6) is -0.231. The first kappa shape index (κ1) is 23.6. The number of ketones is 1. The standard InChI is InChI=1S/C29H27ClN2O2S/c1-17-6-8-18(9-7-17)27(34)26-25(23-5-4-14-35-23)24-21(15-29(2,3)16-22(24)33)32(28(26)31)20-12-10-19(30)11-13-20/h4-14,25,31,34H,15-16H2,1-3H3/b27-26+,31-28?. The molecule has 1 aliphatic heterocycles. The lowest BCUT2D eigenvalue weighted by molar-refractivity contribution is -0.118. The van der Waals surface area contributed by atoms with Gasteiger partial charge in [-0.3, -0.25) is 15.1 Å². The van der Waals surface area contributed by atoms with Crippen LogP contribution >= 0.6 is 22.9 Å². The molecule has 0 saturated carbocycles. The molecule has 1 unspecified atom stereocenters. The van der Waals surface area contributed by atoms with Crippen molar-refractivity contribution < 1.29 is 9.90 Å². The zero-order chi connectivity index (χ0) is 24.9. The van der Waals surface area contributed by atoms with Crippen LogP contribution in [-0.2, 0) is 4.79 Å². The Bertz CT molecular complexity index is 1370. The third-order valence-corrected chi connectivity index (χ3v) is 7.90. The van der Waals surface area contributed by atoms with E-state index in [-0.39, 0.29) is 22.8 Å². The van der Waals surface area contributed by atoms with Crippen LogP contribution in [0.15, 0.2) is 82.9 Å². The Labute approximate surface area is 214 Å². The van der Waals surface area contributed by atoms with E-state index in [0.717, 1.165) is 21.8 Å². The van der Waals surface area contributed by atoms with Crippen molar-refractivity contribution in [3.63, 3.8) is 0 Å². The summed E-state index contributed by atoms with van der Waals surface area (Å²) in [7, 11) is 0. The number of halogens is 1. The van der Waals surface area contributed by atoms with Crippen LogP contribution in [-0.4, -0.2) is 16.7 Å². The predicted molar refractivity (Wildman–Crippen MR) is 144 cm³/mol. The first-order valence-corrected chi connectivity index (χ1v) is 12.9. The number of aliphatic hydroxyl groups excluding tert-OH is 1. The number of aliphatic hydroxyl groups is 1. The molecule has 4 nitrogen and oxygen atoms in total. The third-order valence-electron chi connectivity index (χ3n) is 6.72. The second-order valence-electron chi connectivity index (χ2n) is 10.0. The van der Waals surface area contributed by atoms with Gasteiger partial charge in [0.1, 0.15) is 11.6 Å². The lowest BCUT2D eigenvalue weighted by atomic mass is 9.68. The number of allylic oxidation sites excluding steroid dienone is 2. The van der Waals surface area contributed by atoms with Crippen LogP contribution < -0.4 is 4.90 Å². The Morgan fingerprint density at radius 1 is 1.09 bits per heavy atom. The van der Waals surface area contributed by atoms with Crippen LogP contribution in [0.4, 0.5) is 5.69 Å². The van der Waals surface area contributed by atoms with E-state index in [9.17, 15) is 15.3 Å². The number of amidine groups is 1. The van der Waals surface area contributed by atoms with Crippen molar-refractivity contribution in [2.75, 3.05) is 4.90 Å². The van der Waals surface area contributed by atoms with Gasteiger partial charge in [-0.2, -0.15) is 0 Å². The predicted octanol–water partition coefficient (Wildman–Crippen LogP) is 7.90. The SMILES string of the molecule is Cc1ccc(/C(O)=C2\C(=N)N(c3ccc(Cl)cc3)C3=C(C(=O)CC(C)(C)C3)C2c2cccs2)cc1. The molecule has 0 bridgehead atoms. The van der Waals surface area contributed by atoms with Gasteiger partial charge in [0.2, 0.25) is 0 Å². The maximum Gasteiger partial charge on any atom is 0.162 e. The summed E-state index contributed by atoms with van der Waals surface area (Å²) in [5, 5.41) is 23.6. The molecule has 5 rings (SSSR count). The Morgan fingerprint density at radius 2 is 1.77 bits per heavy atom. The fraction of sp³-hybridized carbons (Fsp3) is 0.241. The smallest absolute Gasteiger partial charge is 0.162 e. The number of anilines is 1. The molecule has 1 aromatic heterocycles. The molecule has 1 atom stereocenters. The minimum Gasteiger partial charge on any atom is -0.507 e. The highest BCUT2D eigenvalue weighted by Crippen LogP contribution is 2.52. The molecule has 0 fully saturated rings. The van der Waals surface area contributed by atoms with Gasteiger partial charge in [0.15, 0.2) is 5.78 Å². The summed E-state index contributed by atoms with van der Waals surface area (Å²) in [5.41, 5.74) is 4.16. The molecule has 2 heterocycles. The number of carbonyl (C=O) groups is 1. The summed E-state index contributed by atoms with van der Waals surface area (Å²) in [6, 6.07) is 18.8. The maximum atomic E-state index is 13.8. The maximum absolute atomic E-state index is 13.8. The molecule has 2 aromatic carbocycles. The largest absolute Gasteiger partial charge is 0.507 e. The molecule has 1 aliphatic carbocycles. The number of nitrogens with zero attached hydrogens (tertiary/aromatic N) is 1. The van der Waals surface area contributed by atoms with E-state index < -0.39 is 5.92 Å². The molecule has 2 aliphatic rings. The fourth-order valence-corrected chi connectivity index (χ4v) is 6.07. The van der Waals surface area contributed by atoms with Crippen LogP contribution in [0, 0.1) is 17.7 Å². The van der Waals surface area contributed by atoms with Crippen molar-refractivity contribution in [2.45, 2.75) is 39.5 Å². The van der Waals surface area contributed by atoms with E-state index in [1.807, 2.05) is 65.7 Å². The highest BCUT2D eigenvalue weighted by atomic mass is 35.5. The lowest BCUT2D eigenvalue weighted by Crippen LogP contribution is -2.45. The van der Waals surface area contributed by atoms with Crippen LogP contribution in [0.5, 0.6) is 0 Å². The monoisotopic (exact) mass is 502 g/mol. The van der Waals surface area contributed by atoms with E-state index in [4.69, 9.17) is 11.6 Å². The van der Waals surface area contributed by atoms with E-state index in [0.29, 0.717) is 34.6 Å². The third kappa shape index (κ3) is 4.24. The van der Waals surface area contributed by atoms with Gasteiger partial charge < -0.3 is 5.11 Å². The minimum absolute atomic E-state index is 0.0246. The van der Waals surface area contributed by atoms with Crippen LogP contribution in [0.3, 0.4) is 0 Å². The number of nitrogens with one attached hydrogen (secondary N) is 1. The Morgan fingerprint density at radius 3 is 2.40 bits per heavy atom. The summed E-state index contributed by atoms with van der Waals surface area (Å²) in [6.07, 6.45) is 1.08. The zero-order valence-corrected chi connectivity index (χ0v) is 21.5. The van der Waals surface area contributed by atoms with Gasteiger partial charge in [-0.25, -0.2) is 0 Å². The van der Waals surface area contributed by atoms with Crippen molar-refractivity contribution in [2.24, 2.45) is 5.41 Å². The van der Waals surface area contributed by atoms with E-state index in [2.05, 4.69) is 13.8 Å². The average molecular weight is 503 g/mol. The van der Waals surface area contributed by atoms with Crippen molar-refractivity contribution in [3.05, 3.63) is 104 Å². The van der Waals surface area contributed by atoms with Crippen LogP contribution in [0.1, 0.15) is 48.6 Å². The van der Waals surface area contributed by atoms with Gasteiger partial charge in [-0.1, -0.05) is 61.3 Å². The molecule has 35 heavy (non-hydrogen) atoms. The Kier molecular flexibility index (Phi) is 5.94. The van der Waals surface area contributed by atoms with E-state index in [1.165, 1.54) is 0 Å². The quantitative estimate of drug-likeness (QED) is 0.358. The number of carbonyl (C=O) groups excluding carboxylic acids is 1. The number of aryl methyl sites for hydroxylation is 1. The van der Waals surface area contributed by atoms with Gasteiger partial charge in [-0.15, -0.1) is 11.3 Å². The Balaban J connectivity index is 1.82. The summed E-state index contributed by atoms with van der Waals surface area (Å²) < 4.78 is 0. The number of rotatable bonds is 3. The number of benzene rings is 2. The van der Waals surface area contributed by atoms with Crippen LogP contribution in [0.25, 0.3) is 5.76 Å². The molecule has 0 spiro atoms. The zero-order valence-electron chi connectivity index (χ0n) is 19.9. The van der Waals surface area contributed by atoms with Crippen molar-refractivity contribution in [1.82, 2.24) is 0 Å². The molecule has 3 aromatic rings. The van der Waals surface area contributed by atoms with E-state index >= 15 is 0 Å². The molecule has 0 radical (unpaired) electrons. The van der Waals surface area contributed by atoms with Gasteiger partial charge in [0.05, 0.1) is 11.5 Å². The molecule has 6 heteroatoms. The molecular formula is C29H27ClN2O2S. The number of hydrogen-bond acceptors (Lipinski definition) is 4. The van der Waals surface area contributed by atoms with Crippen molar-refractivity contribution >= 4 is 46.0 Å². The molecular weight excluding hydrogens is 476 g/mol. The lowest BCUT2D eigenvalue weighted by Gasteiger charge is -2.45. The topological polar surface area (TPSA) is 64.4 Å². The number of Topliss-reactive ketones (excluding diaryl/α,β-unsaturated/α-hetero) is 1. The van der Waals surface area contributed by atoms with Gasteiger partial charge in [-0.05, 0) is 54.5 Å². The number of thiophene rings is 1. The first-order valence-electron chi connectivity index (χ1n) is 11.6. The van der Waals surface area contributed by atoms with Crippen LogP contribution in [0.2, 0.25) is 5.02 Å². The minimum atomic E-state index is -0.494. The summed E-state index contributed by atoms with van der Waals surface area (Å²) in [4.78, 5) is 16.5. The summed E-state index contributed by atoms with van der Waals surface area (Å²) >= 11 is 7.71. The van der Waals surface area contributed by atoms with Crippen molar-refractivity contribution in [1.29, 1.82) is 5.41 Å². The molecule has 178 valence electrons. The summed E-state index contributed by atoms with van der Waals surface area (Å²) in [6.45, 7) is 6.17. The normalized spacial score (nSPS) is 21.3. The highest BCUT2D eigenvalue weighted by molar-refractivity contribution is 7.10.